The number of amides is 2. The lowest BCUT2D eigenvalue weighted by Crippen LogP contribution is -2.53. The summed E-state index contributed by atoms with van der Waals surface area (Å²) in [5.41, 5.74) is 0.858. The van der Waals surface area contributed by atoms with Gasteiger partial charge in [0.25, 0.3) is 0 Å². The zero-order chi connectivity index (χ0) is 30.3. The molecule has 3 aromatic rings. The second kappa shape index (κ2) is 14.4. The zero-order valence-corrected chi connectivity index (χ0v) is 25.9. The van der Waals surface area contributed by atoms with Gasteiger partial charge >= 0.3 is 0 Å². The molecule has 0 aliphatic rings. The van der Waals surface area contributed by atoms with Crippen molar-refractivity contribution in [3.63, 3.8) is 0 Å². The van der Waals surface area contributed by atoms with E-state index in [2.05, 4.69) is 5.32 Å². The van der Waals surface area contributed by atoms with Gasteiger partial charge in [0.1, 0.15) is 18.4 Å². The van der Waals surface area contributed by atoms with Gasteiger partial charge in [-0.3, -0.25) is 13.9 Å². The van der Waals surface area contributed by atoms with Crippen molar-refractivity contribution in [1.29, 1.82) is 0 Å². The summed E-state index contributed by atoms with van der Waals surface area (Å²) in [6.07, 6.45) is 1.02. The smallest absolute Gasteiger partial charge is 0.244 e. The van der Waals surface area contributed by atoms with Gasteiger partial charge in [0.2, 0.25) is 21.8 Å². The maximum atomic E-state index is 14.8. The van der Waals surface area contributed by atoms with Gasteiger partial charge in [-0.25, -0.2) is 12.8 Å². The van der Waals surface area contributed by atoms with Crippen molar-refractivity contribution in [2.24, 2.45) is 5.92 Å². The van der Waals surface area contributed by atoms with Crippen LogP contribution in [0, 0.1) is 11.7 Å². The number of anilines is 1. The Balaban J connectivity index is 2.10. The van der Waals surface area contributed by atoms with E-state index in [1.807, 2.05) is 32.0 Å². The predicted molar refractivity (Wildman–Crippen MR) is 162 cm³/mol. The van der Waals surface area contributed by atoms with Gasteiger partial charge in [0, 0.05) is 25.1 Å². The summed E-state index contributed by atoms with van der Waals surface area (Å²) in [5.74, 6) is -1.64. The van der Waals surface area contributed by atoms with Crippen molar-refractivity contribution in [3.8, 4) is 0 Å². The highest BCUT2D eigenvalue weighted by atomic mass is 35.5. The number of carbonyl (C=O) groups is 2. The van der Waals surface area contributed by atoms with Crippen LogP contribution in [0.4, 0.5) is 10.1 Å². The molecular weight excluding hydrogens is 612 g/mol. The van der Waals surface area contributed by atoms with E-state index in [0.29, 0.717) is 6.54 Å². The molecule has 2 amide bonds. The molecule has 1 atom stereocenters. The minimum Gasteiger partial charge on any atom is -0.354 e. The monoisotopic (exact) mass is 641 g/mol. The molecule has 0 saturated carbocycles. The van der Waals surface area contributed by atoms with Crippen molar-refractivity contribution in [3.05, 3.63) is 98.7 Å². The van der Waals surface area contributed by atoms with Gasteiger partial charge in [-0.1, -0.05) is 97.2 Å². The quantitative estimate of drug-likeness (QED) is 0.247. The summed E-state index contributed by atoms with van der Waals surface area (Å²) in [6.45, 7) is 3.19. The number of nitrogens with zero attached hydrogens (tertiary/aromatic N) is 2. The van der Waals surface area contributed by atoms with Crippen LogP contribution in [0.15, 0.2) is 66.7 Å². The topological polar surface area (TPSA) is 86.8 Å². The third kappa shape index (κ3) is 9.07. The van der Waals surface area contributed by atoms with E-state index in [-0.39, 0.29) is 45.2 Å². The maximum Gasteiger partial charge on any atom is 0.244 e. The molecule has 0 fully saturated rings. The minimum absolute atomic E-state index is 0.0328. The summed E-state index contributed by atoms with van der Waals surface area (Å²) < 4.78 is 41.4. The minimum atomic E-state index is -4.08. The SMILES string of the molecule is CC(C)CNC(=O)[C@H](Cc1ccccc1)N(Cc1ccccc1F)C(=O)CN(c1cc(Cl)c(Cl)cc1Cl)S(C)(=O)=O. The maximum absolute atomic E-state index is 14.8. The first-order valence-electron chi connectivity index (χ1n) is 12.7. The summed E-state index contributed by atoms with van der Waals surface area (Å²) in [6, 6.07) is 16.4. The number of benzene rings is 3. The van der Waals surface area contributed by atoms with Crippen LogP contribution in [-0.2, 0) is 32.6 Å². The van der Waals surface area contributed by atoms with E-state index in [0.717, 1.165) is 16.1 Å². The summed E-state index contributed by atoms with van der Waals surface area (Å²) in [4.78, 5) is 28.8. The van der Waals surface area contributed by atoms with Gasteiger partial charge in [0.15, 0.2) is 0 Å². The Kier molecular flexibility index (Phi) is 11.4. The molecule has 0 unspecified atom stereocenters. The average Bonchev–Trinajstić information content (AvgIpc) is 2.91. The molecule has 0 aromatic heterocycles. The lowest BCUT2D eigenvalue weighted by molar-refractivity contribution is -0.140. The van der Waals surface area contributed by atoms with Gasteiger partial charge < -0.3 is 10.2 Å². The number of halogens is 4. The van der Waals surface area contributed by atoms with Crippen LogP contribution in [0.3, 0.4) is 0 Å². The van der Waals surface area contributed by atoms with Crippen LogP contribution < -0.4 is 9.62 Å². The van der Waals surface area contributed by atoms with E-state index in [1.54, 1.807) is 18.2 Å². The third-order valence-electron chi connectivity index (χ3n) is 6.19. The van der Waals surface area contributed by atoms with Gasteiger partial charge in [-0.05, 0) is 29.7 Å². The Labute approximate surface area is 255 Å². The van der Waals surface area contributed by atoms with Crippen molar-refractivity contribution >= 4 is 62.3 Å². The van der Waals surface area contributed by atoms with E-state index in [4.69, 9.17) is 34.8 Å². The molecule has 41 heavy (non-hydrogen) atoms. The molecule has 0 aliphatic carbocycles. The Morgan fingerprint density at radius 2 is 1.54 bits per heavy atom. The van der Waals surface area contributed by atoms with Crippen LogP contribution in [0.5, 0.6) is 0 Å². The van der Waals surface area contributed by atoms with Crippen molar-refractivity contribution < 1.29 is 22.4 Å². The Morgan fingerprint density at radius 1 is 0.927 bits per heavy atom. The molecular formula is C29H31Cl3FN3O4S. The van der Waals surface area contributed by atoms with Crippen molar-refractivity contribution in [2.45, 2.75) is 32.9 Å². The first-order chi connectivity index (χ1) is 19.3. The molecule has 3 aromatic carbocycles. The van der Waals surface area contributed by atoms with Gasteiger partial charge in [-0.15, -0.1) is 0 Å². The van der Waals surface area contributed by atoms with Crippen LogP contribution >= 0.6 is 34.8 Å². The number of hydrogen-bond acceptors (Lipinski definition) is 4. The van der Waals surface area contributed by atoms with Crippen LogP contribution in [0.25, 0.3) is 0 Å². The highest BCUT2D eigenvalue weighted by Crippen LogP contribution is 2.35. The third-order valence-corrected chi connectivity index (χ3v) is 8.34. The lowest BCUT2D eigenvalue weighted by Gasteiger charge is -2.34. The first-order valence-corrected chi connectivity index (χ1v) is 15.7. The zero-order valence-electron chi connectivity index (χ0n) is 22.8. The van der Waals surface area contributed by atoms with E-state index < -0.39 is 40.2 Å². The largest absolute Gasteiger partial charge is 0.354 e. The van der Waals surface area contributed by atoms with Crippen LogP contribution in [0.1, 0.15) is 25.0 Å². The first kappa shape index (κ1) is 32.7. The Hall–Kier alpha value is -2.85. The average molecular weight is 643 g/mol. The summed E-state index contributed by atoms with van der Waals surface area (Å²) in [7, 11) is -4.08. The highest BCUT2D eigenvalue weighted by molar-refractivity contribution is 7.92. The molecule has 3 rings (SSSR count). The fourth-order valence-corrected chi connectivity index (χ4v) is 5.63. The molecule has 220 valence electrons. The van der Waals surface area contributed by atoms with Crippen molar-refractivity contribution in [1.82, 2.24) is 10.2 Å². The van der Waals surface area contributed by atoms with E-state index in [9.17, 15) is 22.4 Å². The van der Waals surface area contributed by atoms with Crippen LogP contribution in [0.2, 0.25) is 15.1 Å². The molecule has 1 N–H and O–H groups in total. The molecule has 12 heteroatoms. The van der Waals surface area contributed by atoms with Crippen LogP contribution in [-0.4, -0.2) is 50.5 Å². The normalized spacial score (nSPS) is 12.2. The Morgan fingerprint density at radius 3 is 2.15 bits per heavy atom. The number of hydrogen-bond donors (Lipinski definition) is 1. The number of carbonyl (C=O) groups excluding carboxylic acids is 2. The van der Waals surface area contributed by atoms with E-state index >= 15 is 0 Å². The lowest BCUT2D eigenvalue weighted by atomic mass is 10.0. The highest BCUT2D eigenvalue weighted by Gasteiger charge is 2.34. The van der Waals surface area contributed by atoms with E-state index in [1.165, 1.54) is 35.2 Å². The predicted octanol–water partition coefficient (Wildman–Crippen LogP) is 5.96. The van der Waals surface area contributed by atoms with Crippen molar-refractivity contribution in [2.75, 3.05) is 23.7 Å². The molecule has 0 spiro atoms. The molecule has 7 nitrogen and oxygen atoms in total. The molecule has 0 radical (unpaired) electrons. The molecule has 0 heterocycles. The fraction of sp³-hybridized carbons (Fsp3) is 0.310. The fourth-order valence-electron chi connectivity index (χ4n) is 4.08. The number of nitrogens with one attached hydrogen (secondary N) is 1. The van der Waals surface area contributed by atoms with Gasteiger partial charge in [-0.2, -0.15) is 0 Å². The summed E-state index contributed by atoms with van der Waals surface area (Å²) >= 11 is 18.5. The molecule has 0 aliphatic heterocycles. The number of rotatable bonds is 12. The second-order valence-corrected chi connectivity index (χ2v) is 13.1. The number of sulfonamides is 1. The van der Waals surface area contributed by atoms with Gasteiger partial charge in [0.05, 0.1) is 27.0 Å². The second-order valence-electron chi connectivity index (χ2n) is 9.94. The standard InChI is InChI=1S/C29H31Cl3FN3O4S/c1-19(2)16-34-29(38)27(13-20-9-5-4-6-10-20)35(17-21-11-7-8-12-25(21)33)28(37)18-36(41(3,39)40)26-15-23(31)22(30)14-24(26)32/h4-12,14-15,19,27H,13,16-18H2,1-3H3,(H,34,38)/t27-/m0/s1. The molecule has 0 saturated heterocycles. The summed E-state index contributed by atoms with van der Waals surface area (Å²) in [5, 5.41) is 2.95. The molecule has 0 bridgehead atoms. The Bertz CT molecular complexity index is 1490.